The van der Waals surface area contributed by atoms with Crippen molar-refractivity contribution in [1.29, 1.82) is 0 Å². The lowest BCUT2D eigenvalue weighted by molar-refractivity contribution is 0.596. The van der Waals surface area contributed by atoms with E-state index in [4.69, 9.17) is 0 Å². The highest BCUT2D eigenvalue weighted by Gasteiger charge is 2.17. The van der Waals surface area contributed by atoms with Crippen LogP contribution in [0, 0.1) is 0 Å². The molecular weight excluding hydrogens is 338 g/mol. The van der Waals surface area contributed by atoms with Crippen LogP contribution in [-0.2, 0) is 16.4 Å². The molecule has 0 aliphatic carbocycles. The molecule has 2 aromatic carbocycles. The number of aryl methyl sites for hydroxylation is 1. The molecule has 0 amide bonds. The van der Waals surface area contributed by atoms with E-state index in [1.807, 2.05) is 30.3 Å². The summed E-state index contributed by atoms with van der Waals surface area (Å²) in [5.74, 6) is 0. The van der Waals surface area contributed by atoms with Crippen LogP contribution >= 0.6 is 15.9 Å². The Bertz CT molecular complexity index is 926. The summed E-state index contributed by atoms with van der Waals surface area (Å²) < 4.78 is 26.7. The van der Waals surface area contributed by atoms with E-state index >= 15 is 0 Å². The molecule has 1 heterocycles. The molecule has 0 saturated carbocycles. The molecule has 0 radical (unpaired) electrons. The predicted octanol–water partition coefficient (Wildman–Crippen LogP) is 3.93. The van der Waals surface area contributed by atoms with Gasteiger partial charge in [0, 0.05) is 15.2 Å². The lowest BCUT2D eigenvalue weighted by Crippen LogP contribution is -2.09. The summed E-state index contributed by atoms with van der Waals surface area (Å²) >= 11 is 3.45. The van der Waals surface area contributed by atoms with Gasteiger partial charge in [0.05, 0.1) is 17.3 Å². The molecule has 1 aromatic heterocycles. The summed E-state index contributed by atoms with van der Waals surface area (Å²) in [6.07, 6.45) is 2.12. The van der Waals surface area contributed by atoms with Crippen molar-refractivity contribution in [2.24, 2.45) is 0 Å². The molecule has 0 N–H and O–H groups in total. The van der Waals surface area contributed by atoms with Crippen LogP contribution < -0.4 is 0 Å². The molecule has 0 spiro atoms. The number of hydrogen-bond donors (Lipinski definition) is 0. The van der Waals surface area contributed by atoms with Gasteiger partial charge in [0.15, 0.2) is 0 Å². The first-order chi connectivity index (χ1) is 9.41. The van der Waals surface area contributed by atoms with Gasteiger partial charge in [-0.1, -0.05) is 35.0 Å². The van der Waals surface area contributed by atoms with Crippen molar-refractivity contribution in [1.82, 2.24) is 3.97 Å². The summed E-state index contributed by atoms with van der Waals surface area (Å²) in [6, 6.07) is 11.7. The molecule has 0 aliphatic heterocycles. The molecule has 0 atom stereocenters. The minimum Gasteiger partial charge on any atom is -0.237 e. The highest BCUT2D eigenvalue weighted by Crippen LogP contribution is 2.32. The van der Waals surface area contributed by atoms with Gasteiger partial charge in [0.2, 0.25) is 10.0 Å². The molecule has 0 unspecified atom stereocenters. The zero-order chi connectivity index (χ0) is 14.5. The minimum atomic E-state index is -3.35. The quantitative estimate of drug-likeness (QED) is 0.701. The Kier molecular flexibility index (Phi) is 3.14. The van der Waals surface area contributed by atoms with Gasteiger partial charge in [-0.15, -0.1) is 0 Å². The maximum absolute atomic E-state index is 12.2. The Balaban J connectivity index is 2.60. The van der Waals surface area contributed by atoms with Crippen LogP contribution in [0.4, 0.5) is 0 Å². The molecule has 0 fully saturated rings. The normalized spacial score (nSPS) is 12.3. The van der Waals surface area contributed by atoms with Gasteiger partial charge in [-0.2, -0.15) is 0 Å². The van der Waals surface area contributed by atoms with Crippen molar-refractivity contribution in [2.45, 2.75) is 13.3 Å². The third kappa shape index (κ3) is 2.05. The Hall–Kier alpha value is -1.33. The summed E-state index contributed by atoms with van der Waals surface area (Å²) in [4.78, 5) is 0. The first-order valence-electron chi connectivity index (χ1n) is 6.35. The lowest BCUT2D eigenvalue weighted by atomic mass is 10.1. The Labute approximate surface area is 126 Å². The first-order valence-corrected chi connectivity index (χ1v) is 8.99. The molecule has 104 valence electrons. The number of fused-ring (bicyclic) bond motifs is 3. The summed E-state index contributed by atoms with van der Waals surface area (Å²) in [7, 11) is -3.35. The molecule has 5 heteroatoms. The lowest BCUT2D eigenvalue weighted by Gasteiger charge is -2.05. The predicted molar refractivity (Wildman–Crippen MR) is 86.8 cm³/mol. The zero-order valence-corrected chi connectivity index (χ0v) is 13.6. The zero-order valence-electron chi connectivity index (χ0n) is 11.2. The highest BCUT2D eigenvalue weighted by molar-refractivity contribution is 9.10. The highest BCUT2D eigenvalue weighted by atomic mass is 79.9. The molecule has 0 saturated heterocycles. The van der Waals surface area contributed by atoms with Crippen molar-refractivity contribution in [3.63, 3.8) is 0 Å². The second kappa shape index (κ2) is 4.60. The van der Waals surface area contributed by atoms with Gasteiger partial charge in [-0.05, 0) is 36.2 Å². The molecule has 0 aliphatic rings. The second-order valence-corrected chi connectivity index (χ2v) is 7.64. The molecule has 3 nitrogen and oxygen atoms in total. The third-order valence-electron chi connectivity index (χ3n) is 3.49. The molecule has 20 heavy (non-hydrogen) atoms. The molecular formula is C15H14BrNO2S. The maximum Gasteiger partial charge on any atom is 0.236 e. The average molecular weight is 352 g/mol. The van der Waals surface area contributed by atoms with Gasteiger partial charge in [0.25, 0.3) is 0 Å². The fraction of sp³-hybridized carbons (Fsp3) is 0.200. The largest absolute Gasteiger partial charge is 0.237 e. The van der Waals surface area contributed by atoms with Crippen LogP contribution in [-0.4, -0.2) is 18.6 Å². The Morgan fingerprint density at radius 1 is 1.05 bits per heavy atom. The monoisotopic (exact) mass is 351 g/mol. The summed E-state index contributed by atoms with van der Waals surface area (Å²) in [5.41, 5.74) is 2.60. The Morgan fingerprint density at radius 2 is 1.80 bits per heavy atom. The second-order valence-electron chi connectivity index (χ2n) is 4.89. The first kappa shape index (κ1) is 13.6. The SMILES string of the molecule is CCc1ccc2c3cc(Br)ccc3n(S(C)(=O)=O)c2c1. The van der Waals surface area contributed by atoms with Gasteiger partial charge in [-0.3, -0.25) is 0 Å². The number of nitrogens with zero attached hydrogens (tertiary/aromatic N) is 1. The fourth-order valence-corrected chi connectivity index (χ4v) is 3.97. The van der Waals surface area contributed by atoms with Crippen LogP contribution in [0.2, 0.25) is 0 Å². The van der Waals surface area contributed by atoms with Crippen molar-refractivity contribution in [3.8, 4) is 0 Å². The van der Waals surface area contributed by atoms with Crippen LogP contribution in [0.5, 0.6) is 0 Å². The van der Waals surface area contributed by atoms with E-state index in [0.29, 0.717) is 0 Å². The van der Waals surface area contributed by atoms with E-state index in [-0.39, 0.29) is 0 Å². The number of rotatable bonds is 2. The third-order valence-corrected chi connectivity index (χ3v) is 5.04. The van der Waals surface area contributed by atoms with Crippen molar-refractivity contribution < 1.29 is 8.42 Å². The van der Waals surface area contributed by atoms with Gasteiger partial charge < -0.3 is 0 Å². The number of halogens is 1. The van der Waals surface area contributed by atoms with Crippen LogP contribution in [0.3, 0.4) is 0 Å². The fourth-order valence-electron chi connectivity index (χ4n) is 2.58. The van der Waals surface area contributed by atoms with E-state index < -0.39 is 10.0 Å². The molecule has 0 bridgehead atoms. The number of hydrogen-bond acceptors (Lipinski definition) is 2. The van der Waals surface area contributed by atoms with Gasteiger partial charge >= 0.3 is 0 Å². The van der Waals surface area contributed by atoms with Crippen LogP contribution in [0.1, 0.15) is 12.5 Å². The van der Waals surface area contributed by atoms with E-state index in [1.165, 1.54) is 10.2 Å². The van der Waals surface area contributed by atoms with Crippen molar-refractivity contribution in [2.75, 3.05) is 6.26 Å². The van der Waals surface area contributed by atoms with Crippen molar-refractivity contribution in [3.05, 3.63) is 46.4 Å². The van der Waals surface area contributed by atoms with Gasteiger partial charge in [0.1, 0.15) is 0 Å². The maximum atomic E-state index is 12.2. The Morgan fingerprint density at radius 3 is 2.45 bits per heavy atom. The molecule has 3 aromatic rings. The van der Waals surface area contributed by atoms with Crippen LogP contribution in [0.15, 0.2) is 40.9 Å². The van der Waals surface area contributed by atoms with E-state index in [1.54, 1.807) is 0 Å². The van der Waals surface area contributed by atoms with E-state index in [9.17, 15) is 8.42 Å². The number of aromatic nitrogens is 1. The summed E-state index contributed by atoms with van der Waals surface area (Å²) in [5, 5.41) is 1.91. The number of benzene rings is 2. The van der Waals surface area contributed by atoms with Crippen LogP contribution in [0.25, 0.3) is 21.8 Å². The van der Waals surface area contributed by atoms with Gasteiger partial charge in [-0.25, -0.2) is 12.4 Å². The van der Waals surface area contributed by atoms with E-state index in [0.717, 1.165) is 38.3 Å². The average Bonchev–Trinajstić information content (AvgIpc) is 2.71. The summed E-state index contributed by atoms with van der Waals surface area (Å²) in [6.45, 7) is 2.06. The topological polar surface area (TPSA) is 39.1 Å². The van der Waals surface area contributed by atoms with E-state index in [2.05, 4.69) is 28.9 Å². The minimum absolute atomic E-state index is 0.721. The van der Waals surface area contributed by atoms with Crippen molar-refractivity contribution >= 4 is 47.8 Å². The smallest absolute Gasteiger partial charge is 0.236 e. The standard InChI is InChI=1S/C15H14BrNO2S/c1-3-10-4-6-12-13-9-11(16)5-7-14(13)17(15(12)8-10)20(2,18)19/h4-9H,3H2,1-2H3. The molecule has 3 rings (SSSR count).